The number of halogens is 1. The summed E-state index contributed by atoms with van der Waals surface area (Å²) in [6, 6.07) is 3.39. The van der Waals surface area contributed by atoms with Crippen LogP contribution in [0.1, 0.15) is 23.8 Å². The van der Waals surface area contributed by atoms with Crippen molar-refractivity contribution in [1.29, 1.82) is 0 Å². The lowest BCUT2D eigenvalue weighted by Gasteiger charge is -2.18. The molecule has 0 saturated carbocycles. The zero-order valence-electron chi connectivity index (χ0n) is 14.2. The largest absolute Gasteiger partial charge is 0.467 e. The van der Waals surface area contributed by atoms with Crippen molar-refractivity contribution >= 4 is 44.7 Å². The third-order valence-electron chi connectivity index (χ3n) is 4.43. The summed E-state index contributed by atoms with van der Waals surface area (Å²) in [5.41, 5.74) is 1.73. The van der Waals surface area contributed by atoms with Gasteiger partial charge in [0.05, 0.1) is 11.1 Å². The molecule has 0 aromatic carbocycles. The van der Waals surface area contributed by atoms with Crippen molar-refractivity contribution in [3.8, 4) is 5.88 Å². The van der Waals surface area contributed by atoms with E-state index in [4.69, 9.17) is 16.3 Å². The molecule has 0 spiro atoms. The smallest absolute Gasteiger partial charge is 0.262 e. The summed E-state index contributed by atoms with van der Waals surface area (Å²) >= 11 is 7.65. The third kappa shape index (κ3) is 3.37. The lowest BCUT2D eigenvalue weighted by Crippen LogP contribution is -2.21. The van der Waals surface area contributed by atoms with Gasteiger partial charge < -0.3 is 10.1 Å². The number of thiophene rings is 1. The second-order valence-electron chi connectivity index (χ2n) is 6.39. The summed E-state index contributed by atoms with van der Waals surface area (Å²) in [4.78, 5) is 27.0. The van der Waals surface area contributed by atoms with Gasteiger partial charge in [0, 0.05) is 11.1 Å². The maximum atomic E-state index is 12.2. The molecule has 0 saturated heterocycles. The number of aryl methyl sites for hydroxylation is 1. The minimum atomic E-state index is -0.315. The number of fused-ring (bicyclic) bond motifs is 3. The molecule has 0 fully saturated rings. The summed E-state index contributed by atoms with van der Waals surface area (Å²) in [5.74, 6) is 0.835. The lowest BCUT2D eigenvalue weighted by atomic mass is 9.89. The van der Waals surface area contributed by atoms with E-state index in [1.165, 1.54) is 16.8 Å². The molecule has 3 aromatic heterocycles. The molecular weight excluding hydrogens is 372 g/mol. The van der Waals surface area contributed by atoms with E-state index < -0.39 is 0 Å². The number of ether oxygens (including phenoxy) is 1. The summed E-state index contributed by atoms with van der Waals surface area (Å²) in [6.07, 6.45) is 6.26. The SMILES string of the molecule is CC1CCc2c(sc3ncnc(OCC(=O)Nc4cccnc4Cl)c23)C1. The Bertz CT molecular complexity index is 975. The molecule has 0 bridgehead atoms. The third-order valence-corrected chi connectivity index (χ3v) is 5.89. The maximum absolute atomic E-state index is 12.2. The molecular formula is C18H17ClN4O2S. The van der Waals surface area contributed by atoms with Crippen LogP contribution in [0.15, 0.2) is 24.7 Å². The van der Waals surface area contributed by atoms with E-state index in [0.717, 1.165) is 29.5 Å². The van der Waals surface area contributed by atoms with Gasteiger partial charge >= 0.3 is 0 Å². The zero-order chi connectivity index (χ0) is 18.1. The molecule has 1 aliphatic carbocycles. The van der Waals surface area contributed by atoms with Gasteiger partial charge in [0.1, 0.15) is 11.2 Å². The molecule has 1 amide bonds. The number of pyridine rings is 1. The molecule has 1 atom stereocenters. The summed E-state index contributed by atoms with van der Waals surface area (Å²) in [5, 5.41) is 3.88. The number of aromatic nitrogens is 3. The highest BCUT2D eigenvalue weighted by Crippen LogP contribution is 2.40. The van der Waals surface area contributed by atoms with Crippen LogP contribution in [0.4, 0.5) is 5.69 Å². The highest BCUT2D eigenvalue weighted by Gasteiger charge is 2.24. The van der Waals surface area contributed by atoms with Gasteiger partial charge in [-0.3, -0.25) is 4.79 Å². The van der Waals surface area contributed by atoms with Gasteiger partial charge in [-0.05, 0) is 42.9 Å². The average molecular weight is 389 g/mol. The number of carbonyl (C=O) groups is 1. The Labute approximate surface area is 159 Å². The van der Waals surface area contributed by atoms with Crippen LogP contribution in [0.2, 0.25) is 5.15 Å². The molecule has 1 unspecified atom stereocenters. The molecule has 6 nitrogen and oxygen atoms in total. The molecule has 0 radical (unpaired) electrons. The fraction of sp³-hybridized carbons (Fsp3) is 0.333. The van der Waals surface area contributed by atoms with Crippen molar-refractivity contribution in [2.24, 2.45) is 5.92 Å². The molecule has 3 heterocycles. The van der Waals surface area contributed by atoms with Crippen LogP contribution in [0.25, 0.3) is 10.2 Å². The molecule has 0 aliphatic heterocycles. The summed E-state index contributed by atoms with van der Waals surface area (Å²) in [6.45, 7) is 2.11. The minimum Gasteiger partial charge on any atom is -0.467 e. The number of hydrogen-bond acceptors (Lipinski definition) is 6. The van der Waals surface area contributed by atoms with E-state index in [0.29, 0.717) is 17.5 Å². The number of rotatable bonds is 4. The number of nitrogens with one attached hydrogen (secondary N) is 1. The number of amides is 1. The maximum Gasteiger partial charge on any atom is 0.262 e. The van der Waals surface area contributed by atoms with Crippen LogP contribution < -0.4 is 10.1 Å². The molecule has 1 N–H and O–H groups in total. The first-order valence-electron chi connectivity index (χ1n) is 8.40. The Morgan fingerprint density at radius 2 is 2.31 bits per heavy atom. The average Bonchev–Trinajstić information content (AvgIpc) is 3.00. The first-order valence-corrected chi connectivity index (χ1v) is 9.59. The fourth-order valence-electron chi connectivity index (χ4n) is 3.16. The van der Waals surface area contributed by atoms with Gasteiger partial charge in [0.2, 0.25) is 5.88 Å². The Morgan fingerprint density at radius 3 is 3.15 bits per heavy atom. The predicted molar refractivity (Wildman–Crippen MR) is 102 cm³/mol. The number of carbonyl (C=O) groups excluding carboxylic acids is 1. The van der Waals surface area contributed by atoms with Crippen LogP contribution in [-0.4, -0.2) is 27.5 Å². The van der Waals surface area contributed by atoms with E-state index in [1.807, 2.05) is 0 Å². The second kappa shape index (κ2) is 7.17. The number of nitrogens with zero attached hydrogens (tertiary/aromatic N) is 3. The standard InChI is InChI=1S/C18H17ClN4O2S/c1-10-4-5-11-13(7-10)26-18-15(11)17(21-9-22-18)25-8-14(24)23-12-3-2-6-20-16(12)19/h2-3,6,9-10H,4-5,7-8H2,1H3,(H,23,24). The van der Waals surface area contributed by atoms with E-state index in [1.54, 1.807) is 29.7 Å². The van der Waals surface area contributed by atoms with E-state index in [2.05, 4.69) is 27.2 Å². The number of hydrogen-bond donors (Lipinski definition) is 1. The van der Waals surface area contributed by atoms with E-state index in [-0.39, 0.29) is 17.7 Å². The lowest BCUT2D eigenvalue weighted by molar-refractivity contribution is -0.118. The van der Waals surface area contributed by atoms with E-state index >= 15 is 0 Å². The first kappa shape index (κ1) is 17.2. The number of anilines is 1. The summed E-state index contributed by atoms with van der Waals surface area (Å²) in [7, 11) is 0. The van der Waals surface area contributed by atoms with Crippen LogP contribution in [0.3, 0.4) is 0 Å². The van der Waals surface area contributed by atoms with E-state index in [9.17, 15) is 4.79 Å². The summed E-state index contributed by atoms with van der Waals surface area (Å²) < 4.78 is 5.72. The Kier molecular flexibility index (Phi) is 4.74. The highest BCUT2D eigenvalue weighted by molar-refractivity contribution is 7.18. The van der Waals surface area contributed by atoms with Gasteiger partial charge in [-0.25, -0.2) is 15.0 Å². The van der Waals surface area contributed by atoms with Crippen molar-refractivity contribution in [3.05, 3.63) is 40.3 Å². The Balaban J connectivity index is 1.52. The van der Waals surface area contributed by atoms with Crippen molar-refractivity contribution in [1.82, 2.24) is 15.0 Å². The molecule has 134 valence electrons. The van der Waals surface area contributed by atoms with Crippen molar-refractivity contribution < 1.29 is 9.53 Å². The predicted octanol–water partition coefficient (Wildman–Crippen LogP) is 3.88. The van der Waals surface area contributed by atoms with Gasteiger partial charge in [-0.1, -0.05) is 18.5 Å². The fourth-order valence-corrected chi connectivity index (χ4v) is 4.66. The zero-order valence-corrected chi connectivity index (χ0v) is 15.7. The topological polar surface area (TPSA) is 77.0 Å². The first-order chi connectivity index (χ1) is 12.6. The van der Waals surface area contributed by atoms with Gasteiger partial charge in [-0.15, -0.1) is 11.3 Å². The van der Waals surface area contributed by atoms with Crippen LogP contribution in [0.5, 0.6) is 5.88 Å². The normalized spacial score (nSPS) is 16.3. The van der Waals surface area contributed by atoms with Gasteiger partial charge in [0.15, 0.2) is 11.8 Å². The molecule has 4 rings (SSSR count). The Hall–Kier alpha value is -2.25. The quantitative estimate of drug-likeness (QED) is 0.686. The van der Waals surface area contributed by atoms with Crippen molar-refractivity contribution in [2.45, 2.75) is 26.2 Å². The molecule has 26 heavy (non-hydrogen) atoms. The monoisotopic (exact) mass is 388 g/mol. The van der Waals surface area contributed by atoms with Crippen LogP contribution in [0, 0.1) is 5.92 Å². The van der Waals surface area contributed by atoms with Gasteiger partial charge in [-0.2, -0.15) is 0 Å². The van der Waals surface area contributed by atoms with Gasteiger partial charge in [0.25, 0.3) is 5.91 Å². The van der Waals surface area contributed by atoms with Crippen molar-refractivity contribution in [3.63, 3.8) is 0 Å². The molecule has 8 heteroatoms. The highest BCUT2D eigenvalue weighted by atomic mass is 35.5. The molecule has 1 aliphatic rings. The minimum absolute atomic E-state index is 0.154. The van der Waals surface area contributed by atoms with Crippen molar-refractivity contribution in [2.75, 3.05) is 11.9 Å². The Morgan fingerprint density at radius 1 is 1.42 bits per heavy atom. The second-order valence-corrected chi connectivity index (χ2v) is 7.83. The van der Waals surface area contributed by atoms with Crippen LogP contribution in [-0.2, 0) is 17.6 Å². The molecule has 3 aromatic rings. The van der Waals surface area contributed by atoms with Crippen LogP contribution >= 0.6 is 22.9 Å².